The Balaban J connectivity index is 1.79. The van der Waals surface area contributed by atoms with E-state index in [0.717, 1.165) is 31.6 Å². The second-order valence-corrected chi connectivity index (χ2v) is 6.27. The third kappa shape index (κ3) is 4.17. The monoisotopic (exact) mass is 354 g/mol. The molecule has 1 saturated heterocycles. The van der Waals surface area contributed by atoms with Crippen LogP contribution < -0.4 is 10.2 Å². The van der Waals surface area contributed by atoms with Crippen LogP contribution in [0, 0.1) is 6.92 Å². The van der Waals surface area contributed by atoms with Crippen LogP contribution >= 0.6 is 0 Å². The second-order valence-electron chi connectivity index (χ2n) is 6.27. The molecule has 7 heteroatoms. The van der Waals surface area contributed by atoms with Gasteiger partial charge in [-0.2, -0.15) is 0 Å². The van der Waals surface area contributed by atoms with E-state index < -0.39 is 5.97 Å². The van der Waals surface area contributed by atoms with Crippen LogP contribution in [0.2, 0.25) is 0 Å². The molecule has 0 radical (unpaired) electrons. The van der Waals surface area contributed by atoms with Gasteiger partial charge in [-0.1, -0.05) is 6.07 Å². The van der Waals surface area contributed by atoms with E-state index in [1.54, 1.807) is 30.3 Å². The molecule has 0 spiro atoms. The Morgan fingerprint density at radius 3 is 2.62 bits per heavy atom. The Morgan fingerprint density at radius 1 is 1.12 bits per heavy atom. The van der Waals surface area contributed by atoms with Crippen molar-refractivity contribution in [2.75, 3.05) is 30.4 Å². The first-order valence-electron chi connectivity index (χ1n) is 8.67. The predicted molar refractivity (Wildman–Crippen MR) is 98.6 cm³/mol. The summed E-state index contributed by atoms with van der Waals surface area (Å²) in [4.78, 5) is 35.3. The second kappa shape index (κ2) is 7.95. The van der Waals surface area contributed by atoms with Gasteiger partial charge in [-0.05, 0) is 50.5 Å². The largest absolute Gasteiger partial charge is 0.465 e. The molecular formula is C19H22N4O3. The van der Waals surface area contributed by atoms with Crippen LogP contribution in [0.5, 0.6) is 0 Å². The van der Waals surface area contributed by atoms with Gasteiger partial charge in [-0.25, -0.2) is 14.8 Å². The number of methoxy groups -OCH3 is 1. The van der Waals surface area contributed by atoms with Crippen molar-refractivity contribution in [2.24, 2.45) is 0 Å². The molecule has 1 aliphatic heterocycles. The van der Waals surface area contributed by atoms with E-state index in [1.807, 2.05) is 6.92 Å². The van der Waals surface area contributed by atoms with E-state index in [1.165, 1.54) is 13.5 Å². The van der Waals surface area contributed by atoms with Gasteiger partial charge in [0.25, 0.3) is 5.91 Å². The summed E-state index contributed by atoms with van der Waals surface area (Å²) in [7, 11) is 1.32. The predicted octanol–water partition coefficient (Wildman–Crippen LogP) is 2.81. The van der Waals surface area contributed by atoms with E-state index in [0.29, 0.717) is 22.9 Å². The van der Waals surface area contributed by atoms with E-state index in [-0.39, 0.29) is 5.91 Å². The van der Waals surface area contributed by atoms with Crippen molar-refractivity contribution in [3.05, 3.63) is 47.3 Å². The molecule has 0 atom stereocenters. The summed E-state index contributed by atoms with van der Waals surface area (Å²) in [6, 6.07) is 8.26. The molecular weight excluding hydrogens is 332 g/mol. The lowest BCUT2D eigenvalue weighted by molar-refractivity contribution is 0.0600. The zero-order chi connectivity index (χ0) is 18.5. The fourth-order valence-electron chi connectivity index (χ4n) is 2.94. The van der Waals surface area contributed by atoms with Crippen molar-refractivity contribution in [3.8, 4) is 0 Å². The number of esters is 1. The summed E-state index contributed by atoms with van der Waals surface area (Å²) < 4.78 is 4.70. The molecule has 26 heavy (non-hydrogen) atoms. The lowest BCUT2D eigenvalue weighted by Crippen LogP contribution is -2.31. The van der Waals surface area contributed by atoms with Gasteiger partial charge >= 0.3 is 5.97 Å². The number of aryl methyl sites for hydroxylation is 1. The SMILES string of the molecule is COC(=O)c1cccc(NC(=O)c2cc(C)nc(N3CCCCC3)n2)c1. The van der Waals surface area contributed by atoms with Gasteiger partial charge in [0.1, 0.15) is 5.69 Å². The van der Waals surface area contributed by atoms with Crippen molar-refractivity contribution >= 4 is 23.5 Å². The van der Waals surface area contributed by atoms with Gasteiger partial charge in [0, 0.05) is 24.5 Å². The first kappa shape index (κ1) is 17.8. The Kier molecular flexibility index (Phi) is 5.46. The van der Waals surface area contributed by atoms with Gasteiger partial charge in [-0.15, -0.1) is 0 Å². The summed E-state index contributed by atoms with van der Waals surface area (Å²) in [5.74, 6) is -0.194. The number of nitrogens with one attached hydrogen (secondary N) is 1. The molecule has 1 N–H and O–H groups in total. The van der Waals surface area contributed by atoms with Gasteiger partial charge in [0.2, 0.25) is 5.95 Å². The molecule has 2 heterocycles. The van der Waals surface area contributed by atoms with Crippen LogP contribution in [0.4, 0.5) is 11.6 Å². The summed E-state index contributed by atoms with van der Waals surface area (Å²) in [6.45, 7) is 3.67. The number of benzene rings is 1. The lowest BCUT2D eigenvalue weighted by Gasteiger charge is -2.27. The van der Waals surface area contributed by atoms with Crippen LogP contribution in [-0.4, -0.2) is 42.0 Å². The topological polar surface area (TPSA) is 84.4 Å². The normalized spacial score (nSPS) is 14.0. The lowest BCUT2D eigenvalue weighted by atomic mass is 10.1. The third-order valence-corrected chi connectivity index (χ3v) is 4.26. The zero-order valence-electron chi connectivity index (χ0n) is 15.0. The van der Waals surface area contributed by atoms with Crippen LogP contribution in [0.1, 0.15) is 45.8 Å². The smallest absolute Gasteiger partial charge is 0.337 e. The van der Waals surface area contributed by atoms with Gasteiger partial charge in [0.05, 0.1) is 12.7 Å². The average Bonchev–Trinajstić information content (AvgIpc) is 2.67. The molecule has 7 nitrogen and oxygen atoms in total. The average molecular weight is 354 g/mol. The van der Waals surface area contributed by atoms with Crippen molar-refractivity contribution in [1.29, 1.82) is 0 Å². The van der Waals surface area contributed by atoms with Gasteiger partial charge in [-0.3, -0.25) is 4.79 Å². The maximum Gasteiger partial charge on any atom is 0.337 e. The van der Waals surface area contributed by atoms with Crippen LogP contribution in [0.3, 0.4) is 0 Å². The maximum atomic E-state index is 12.6. The summed E-state index contributed by atoms with van der Waals surface area (Å²) in [5.41, 5.74) is 1.93. The Labute approximate surface area is 152 Å². The Bertz CT molecular complexity index is 816. The molecule has 0 unspecified atom stereocenters. The highest BCUT2D eigenvalue weighted by Gasteiger charge is 2.17. The summed E-state index contributed by atoms with van der Waals surface area (Å²) in [6.07, 6.45) is 3.44. The van der Waals surface area contributed by atoms with Gasteiger partial charge < -0.3 is 15.0 Å². The fraction of sp³-hybridized carbons (Fsp3) is 0.368. The molecule has 1 aliphatic rings. The number of anilines is 2. The molecule has 136 valence electrons. The first-order valence-corrected chi connectivity index (χ1v) is 8.67. The number of nitrogens with zero attached hydrogens (tertiary/aromatic N) is 3. The summed E-state index contributed by atoms with van der Waals surface area (Å²) >= 11 is 0. The van der Waals surface area contributed by atoms with Crippen molar-refractivity contribution < 1.29 is 14.3 Å². The number of carbonyl (C=O) groups is 2. The third-order valence-electron chi connectivity index (χ3n) is 4.26. The molecule has 3 rings (SSSR count). The van der Waals surface area contributed by atoms with E-state index in [4.69, 9.17) is 4.74 Å². The number of amides is 1. The minimum absolute atomic E-state index is 0.307. The van der Waals surface area contributed by atoms with Crippen molar-refractivity contribution in [1.82, 2.24) is 9.97 Å². The number of hydrogen-bond acceptors (Lipinski definition) is 6. The Hall–Kier alpha value is -2.96. The molecule has 1 aromatic carbocycles. The highest BCUT2D eigenvalue weighted by molar-refractivity contribution is 6.03. The number of aromatic nitrogens is 2. The maximum absolute atomic E-state index is 12.6. The van der Waals surface area contributed by atoms with E-state index in [9.17, 15) is 9.59 Å². The number of carbonyl (C=O) groups excluding carboxylic acids is 2. The first-order chi connectivity index (χ1) is 12.6. The number of piperidine rings is 1. The molecule has 1 amide bonds. The minimum atomic E-state index is -0.452. The minimum Gasteiger partial charge on any atom is -0.465 e. The van der Waals surface area contributed by atoms with Crippen molar-refractivity contribution in [3.63, 3.8) is 0 Å². The molecule has 1 fully saturated rings. The molecule has 2 aromatic rings. The Morgan fingerprint density at radius 2 is 1.88 bits per heavy atom. The van der Waals surface area contributed by atoms with Gasteiger partial charge in [0.15, 0.2) is 0 Å². The van der Waals surface area contributed by atoms with Crippen LogP contribution in [0.25, 0.3) is 0 Å². The quantitative estimate of drug-likeness (QED) is 0.850. The zero-order valence-corrected chi connectivity index (χ0v) is 15.0. The molecule has 0 saturated carbocycles. The molecule has 1 aromatic heterocycles. The standard InChI is InChI=1S/C19H22N4O3/c1-13-11-16(22-19(20-13)23-9-4-3-5-10-23)17(24)21-15-8-6-7-14(12-15)18(25)26-2/h6-8,11-12H,3-5,9-10H2,1-2H3,(H,21,24). The fourth-order valence-corrected chi connectivity index (χ4v) is 2.94. The summed E-state index contributed by atoms with van der Waals surface area (Å²) in [5, 5.41) is 2.78. The number of rotatable bonds is 4. The van der Waals surface area contributed by atoms with E-state index in [2.05, 4.69) is 20.2 Å². The van der Waals surface area contributed by atoms with Crippen molar-refractivity contribution in [2.45, 2.75) is 26.2 Å². The highest BCUT2D eigenvalue weighted by atomic mass is 16.5. The number of hydrogen-bond donors (Lipinski definition) is 1. The van der Waals surface area contributed by atoms with Crippen LogP contribution in [-0.2, 0) is 4.74 Å². The highest BCUT2D eigenvalue weighted by Crippen LogP contribution is 2.18. The molecule has 0 bridgehead atoms. The van der Waals surface area contributed by atoms with Crippen LogP contribution in [0.15, 0.2) is 30.3 Å². The number of ether oxygens (including phenoxy) is 1. The van der Waals surface area contributed by atoms with E-state index >= 15 is 0 Å². The molecule has 0 aliphatic carbocycles.